The molecule has 1 aliphatic heterocycles. The van der Waals surface area contributed by atoms with E-state index in [0.29, 0.717) is 17.0 Å². The third-order valence-electron chi connectivity index (χ3n) is 3.66. The van der Waals surface area contributed by atoms with Crippen LogP contribution in [0, 0.1) is 0 Å². The van der Waals surface area contributed by atoms with E-state index >= 15 is 0 Å². The van der Waals surface area contributed by atoms with Gasteiger partial charge in [-0.2, -0.15) is 11.8 Å². The Morgan fingerprint density at radius 1 is 1.40 bits per heavy atom. The summed E-state index contributed by atoms with van der Waals surface area (Å²) in [5, 5.41) is 1.29. The zero-order valence-corrected chi connectivity index (χ0v) is 14.7. The Morgan fingerprint density at radius 2 is 2.05 bits per heavy atom. The van der Waals surface area contributed by atoms with Crippen LogP contribution < -0.4 is 10.5 Å². The molecule has 5 heteroatoms. The number of rotatable bonds is 4. The van der Waals surface area contributed by atoms with E-state index in [9.17, 15) is 0 Å². The predicted octanol–water partition coefficient (Wildman–Crippen LogP) is 3.28. The summed E-state index contributed by atoms with van der Waals surface area (Å²) in [6.45, 7) is 7.34. The molecule has 0 radical (unpaired) electrons. The maximum atomic E-state index is 6.08. The van der Waals surface area contributed by atoms with Crippen molar-refractivity contribution in [3.05, 3.63) is 28.2 Å². The quantitative estimate of drug-likeness (QED) is 0.896. The van der Waals surface area contributed by atoms with Crippen molar-refractivity contribution in [1.82, 2.24) is 4.90 Å². The van der Waals surface area contributed by atoms with Crippen molar-refractivity contribution in [1.29, 1.82) is 0 Å². The average Bonchev–Trinajstić information content (AvgIpc) is 2.39. The van der Waals surface area contributed by atoms with Gasteiger partial charge in [0.25, 0.3) is 0 Å². The van der Waals surface area contributed by atoms with Crippen LogP contribution in [-0.4, -0.2) is 42.1 Å². The largest absolute Gasteiger partial charge is 0.496 e. The Bertz CT molecular complexity index is 447. The number of benzene rings is 1. The fourth-order valence-electron chi connectivity index (χ4n) is 2.91. The molecule has 0 spiro atoms. The number of hydrogen-bond donors (Lipinski definition) is 1. The first-order valence-electron chi connectivity index (χ1n) is 6.98. The van der Waals surface area contributed by atoms with E-state index in [1.807, 2.05) is 12.1 Å². The van der Waals surface area contributed by atoms with Gasteiger partial charge < -0.3 is 10.5 Å². The monoisotopic (exact) mass is 358 g/mol. The number of halogens is 1. The van der Waals surface area contributed by atoms with Gasteiger partial charge >= 0.3 is 0 Å². The number of thioether (sulfide) groups is 1. The van der Waals surface area contributed by atoms with Crippen LogP contribution in [-0.2, 0) is 0 Å². The molecule has 2 N–H and O–H groups in total. The van der Waals surface area contributed by atoms with Crippen molar-refractivity contribution in [3.8, 4) is 5.75 Å². The fourth-order valence-corrected chi connectivity index (χ4v) is 4.64. The normalized spacial score (nSPS) is 25.4. The summed E-state index contributed by atoms with van der Waals surface area (Å²) in [5.41, 5.74) is 7.26. The third-order valence-corrected chi connectivity index (χ3v) is 5.38. The molecule has 0 amide bonds. The summed E-state index contributed by atoms with van der Waals surface area (Å²) in [5.74, 6) is 0.919. The van der Waals surface area contributed by atoms with Crippen molar-refractivity contribution in [2.75, 3.05) is 26.7 Å². The van der Waals surface area contributed by atoms with Crippen LogP contribution in [0.25, 0.3) is 0 Å². The number of ether oxygens (including phenoxy) is 1. The summed E-state index contributed by atoms with van der Waals surface area (Å²) in [6.07, 6.45) is 0. The van der Waals surface area contributed by atoms with Gasteiger partial charge in [-0.15, -0.1) is 0 Å². The Hall–Kier alpha value is -0.230. The average molecular weight is 359 g/mol. The second kappa shape index (κ2) is 7.16. The lowest BCUT2D eigenvalue weighted by Crippen LogP contribution is -2.44. The predicted molar refractivity (Wildman–Crippen MR) is 90.6 cm³/mol. The first kappa shape index (κ1) is 16.1. The number of nitrogens with two attached hydrogens (primary N) is 1. The van der Waals surface area contributed by atoms with E-state index in [2.05, 4.69) is 52.5 Å². The maximum Gasteiger partial charge on any atom is 0.123 e. The molecule has 1 heterocycles. The van der Waals surface area contributed by atoms with E-state index < -0.39 is 0 Å². The summed E-state index contributed by atoms with van der Waals surface area (Å²) in [7, 11) is 1.72. The molecule has 3 atom stereocenters. The summed E-state index contributed by atoms with van der Waals surface area (Å²) in [6, 6.07) is 6.36. The molecule has 112 valence electrons. The van der Waals surface area contributed by atoms with Crippen LogP contribution in [0.15, 0.2) is 22.7 Å². The van der Waals surface area contributed by atoms with E-state index in [-0.39, 0.29) is 6.04 Å². The Kier molecular flexibility index (Phi) is 5.78. The lowest BCUT2D eigenvalue weighted by Gasteiger charge is -2.40. The molecule has 1 aliphatic rings. The van der Waals surface area contributed by atoms with Crippen LogP contribution in [0.1, 0.15) is 25.5 Å². The minimum Gasteiger partial charge on any atom is -0.496 e. The molecule has 1 aromatic rings. The molecule has 0 saturated carbocycles. The second-order valence-corrected chi connectivity index (χ2v) is 8.15. The van der Waals surface area contributed by atoms with Gasteiger partial charge in [-0.05, 0) is 18.2 Å². The van der Waals surface area contributed by atoms with Gasteiger partial charge in [0.05, 0.1) is 13.2 Å². The van der Waals surface area contributed by atoms with Crippen LogP contribution in [0.4, 0.5) is 0 Å². The van der Waals surface area contributed by atoms with Crippen molar-refractivity contribution in [2.24, 2.45) is 5.73 Å². The molecule has 3 unspecified atom stereocenters. The van der Waals surface area contributed by atoms with E-state index in [1.54, 1.807) is 7.11 Å². The minimum atomic E-state index is 0.216. The second-order valence-electron chi connectivity index (χ2n) is 5.35. The molecule has 3 nitrogen and oxygen atoms in total. The smallest absolute Gasteiger partial charge is 0.123 e. The molecular weight excluding hydrogens is 336 g/mol. The van der Waals surface area contributed by atoms with E-state index in [0.717, 1.165) is 23.3 Å². The molecule has 0 aromatic heterocycles. The first-order chi connectivity index (χ1) is 9.55. The van der Waals surface area contributed by atoms with Crippen LogP contribution in [0.3, 0.4) is 0 Å². The highest BCUT2D eigenvalue weighted by Gasteiger charge is 2.29. The highest BCUT2D eigenvalue weighted by molar-refractivity contribution is 9.10. The Balaban J connectivity index is 2.29. The number of nitrogens with zero attached hydrogens (tertiary/aromatic N) is 1. The van der Waals surface area contributed by atoms with Gasteiger partial charge in [0.1, 0.15) is 5.75 Å². The standard InChI is InChI=1S/C15H23BrN2OS/c1-10-8-18(9-11(2)20-10)14(7-17)13-6-12(16)4-5-15(13)19-3/h4-6,10-11,14H,7-9,17H2,1-3H3. The van der Waals surface area contributed by atoms with Crippen LogP contribution >= 0.6 is 27.7 Å². The van der Waals surface area contributed by atoms with E-state index in [4.69, 9.17) is 10.5 Å². The van der Waals surface area contributed by atoms with Crippen LogP contribution in [0.5, 0.6) is 5.75 Å². The fraction of sp³-hybridized carbons (Fsp3) is 0.600. The highest BCUT2D eigenvalue weighted by Crippen LogP contribution is 2.35. The van der Waals surface area contributed by atoms with Gasteiger partial charge in [0, 0.05) is 40.2 Å². The van der Waals surface area contributed by atoms with Crippen molar-refractivity contribution >= 4 is 27.7 Å². The molecular formula is C15H23BrN2OS. The molecule has 2 rings (SSSR count). The van der Waals surface area contributed by atoms with Gasteiger partial charge in [-0.3, -0.25) is 4.90 Å². The van der Waals surface area contributed by atoms with Gasteiger partial charge in [-0.25, -0.2) is 0 Å². The first-order valence-corrected chi connectivity index (χ1v) is 8.71. The van der Waals surface area contributed by atoms with Crippen molar-refractivity contribution < 1.29 is 4.74 Å². The lowest BCUT2D eigenvalue weighted by atomic mass is 10.0. The SMILES string of the molecule is COc1ccc(Br)cc1C(CN)N1CC(C)SC(C)C1. The van der Waals surface area contributed by atoms with Gasteiger partial charge in [-0.1, -0.05) is 29.8 Å². The zero-order chi connectivity index (χ0) is 14.7. The summed E-state index contributed by atoms with van der Waals surface area (Å²) >= 11 is 5.61. The number of hydrogen-bond acceptors (Lipinski definition) is 4. The van der Waals surface area contributed by atoms with Crippen molar-refractivity contribution in [2.45, 2.75) is 30.4 Å². The third kappa shape index (κ3) is 3.70. The molecule has 1 saturated heterocycles. The molecule has 0 aliphatic carbocycles. The lowest BCUT2D eigenvalue weighted by molar-refractivity contribution is 0.195. The van der Waals surface area contributed by atoms with Crippen LogP contribution in [0.2, 0.25) is 0 Å². The number of methoxy groups -OCH3 is 1. The topological polar surface area (TPSA) is 38.5 Å². The molecule has 0 bridgehead atoms. The Morgan fingerprint density at radius 3 is 2.60 bits per heavy atom. The maximum absolute atomic E-state index is 6.08. The van der Waals surface area contributed by atoms with Gasteiger partial charge in [0.2, 0.25) is 0 Å². The zero-order valence-electron chi connectivity index (χ0n) is 12.3. The molecule has 1 fully saturated rings. The van der Waals surface area contributed by atoms with E-state index in [1.165, 1.54) is 5.56 Å². The highest BCUT2D eigenvalue weighted by atomic mass is 79.9. The van der Waals surface area contributed by atoms with Gasteiger partial charge in [0.15, 0.2) is 0 Å². The Labute approximate surface area is 134 Å². The molecule has 1 aromatic carbocycles. The minimum absolute atomic E-state index is 0.216. The van der Waals surface area contributed by atoms with Crippen molar-refractivity contribution in [3.63, 3.8) is 0 Å². The molecule has 20 heavy (non-hydrogen) atoms. The summed E-state index contributed by atoms with van der Waals surface area (Å²) in [4.78, 5) is 2.50. The summed E-state index contributed by atoms with van der Waals surface area (Å²) < 4.78 is 6.59.